The van der Waals surface area contributed by atoms with Crippen molar-refractivity contribution in [3.05, 3.63) is 99.5 Å². The summed E-state index contributed by atoms with van der Waals surface area (Å²) < 4.78 is 13.7. The molecule has 30 heavy (non-hydrogen) atoms. The molecule has 0 amide bonds. The van der Waals surface area contributed by atoms with Crippen LogP contribution in [0.5, 0.6) is 5.75 Å². The van der Waals surface area contributed by atoms with Gasteiger partial charge in [0.2, 0.25) is 0 Å². The second kappa shape index (κ2) is 8.95. The SMILES string of the molecule is Brc1ccc(C2c3ccc(OCc4ccccc4)cc3COC2C2CCCC2)cc1. The molecule has 1 heterocycles. The van der Waals surface area contributed by atoms with Gasteiger partial charge in [0, 0.05) is 10.4 Å². The van der Waals surface area contributed by atoms with Crippen molar-refractivity contribution in [1.82, 2.24) is 0 Å². The molecule has 2 nitrogen and oxygen atoms in total. The van der Waals surface area contributed by atoms with Crippen molar-refractivity contribution in [2.45, 2.75) is 50.9 Å². The molecule has 2 aliphatic rings. The summed E-state index contributed by atoms with van der Waals surface area (Å²) in [6, 6.07) is 25.7. The molecule has 1 aliphatic heterocycles. The van der Waals surface area contributed by atoms with Crippen LogP contribution in [0, 0.1) is 5.92 Å². The lowest BCUT2D eigenvalue weighted by molar-refractivity contribution is -0.0200. The summed E-state index contributed by atoms with van der Waals surface area (Å²) in [7, 11) is 0. The number of halogens is 1. The Labute approximate surface area is 187 Å². The van der Waals surface area contributed by atoms with Gasteiger partial charge >= 0.3 is 0 Å². The summed E-state index contributed by atoms with van der Waals surface area (Å²) in [6.45, 7) is 1.26. The Morgan fingerprint density at radius 1 is 0.900 bits per heavy atom. The molecule has 3 aromatic rings. The van der Waals surface area contributed by atoms with Crippen LogP contribution in [0.4, 0.5) is 0 Å². The number of benzene rings is 3. The lowest BCUT2D eigenvalue weighted by atomic mass is 9.77. The first-order valence-corrected chi connectivity index (χ1v) is 11.7. The number of hydrogen-bond acceptors (Lipinski definition) is 2. The van der Waals surface area contributed by atoms with Crippen LogP contribution < -0.4 is 4.74 Å². The molecule has 0 spiro atoms. The van der Waals surface area contributed by atoms with Gasteiger partial charge in [-0.05, 0) is 65.3 Å². The summed E-state index contributed by atoms with van der Waals surface area (Å²) in [5.74, 6) is 1.85. The van der Waals surface area contributed by atoms with Crippen molar-refractivity contribution in [3.63, 3.8) is 0 Å². The summed E-state index contributed by atoms with van der Waals surface area (Å²) in [5.41, 5.74) is 5.17. The Bertz CT molecular complexity index is 978. The highest BCUT2D eigenvalue weighted by Crippen LogP contribution is 2.45. The van der Waals surface area contributed by atoms with Gasteiger partial charge in [-0.3, -0.25) is 0 Å². The topological polar surface area (TPSA) is 18.5 Å². The minimum atomic E-state index is 0.261. The Kier molecular flexibility index (Phi) is 5.92. The van der Waals surface area contributed by atoms with Crippen molar-refractivity contribution >= 4 is 15.9 Å². The average molecular weight is 463 g/mol. The smallest absolute Gasteiger partial charge is 0.120 e. The largest absolute Gasteiger partial charge is 0.489 e. The molecule has 154 valence electrons. The molecule has 0 aromatic heterocycles. The van der Waals surface area contributed by atoms with Crippen LogP contribution in [0.2, 0.25) is 0 Å². The van der Waals surface area contributed by atoms with E-state index < -0.39 is 0 Å². The quantitative estimate of drug-likeness (QED) is 0.397. The van der Waals surface area contributed by atoms with Gasteiger partial charge in [-0.2, -0.15) is 0 Å². The first kappa shape index (κ1) is 19.8. The second-order valence-electron chi connectivity index (χ2n) is 8.48. The van der Waals surface area contributed by atoms with E-state index in [2.05, 4.69) is 70.5 Å². The molecule has 0 bridgehead atoms. The van der Waals surface area contributed by atoms with E-state index in [0.717, 1.165) is 10.2 Å². The normalized spacial score (nSPS) is 21.4. The Hall–Kier alpha value is -2.10. The van der Waals surface area contributed by atoms with Crippen molar-refractivity contribution in [3.8, 4) is 5.75 Å². The maximum Gasteiger partial charge on any atom is 0.120 e. The predicted octanol–water partition coefficient (Wildman–Crippen LogP) is 7.25. The van der Waals surface area contributed by atoms with E-state index in [9.17, 15) is 0 Å². The van der Waals surface area contributed by atoms with Crippen molar-refractivity contribution in [2.24, 2.45) is 5.92 Å². The molecule has 0 N–H and O–H groups in total. The molecule has 1 fully saturated rings. The van der Waals surface area contributed by atoms with Gasteiger partial charge in [0.15, 0.2) is 0 Å². The van der Waals surface area contributed by atoms with Crippen LogP contribution in [0.15, 0.2) is 77.3 Å². The highest BCUT2D eigenvalue weighted by Gasteiger charge is 2.38. The molecule has 2 unspecified atom stereocenters. The first-order valence-electron chi connectivity index (χ1n) is 10.9. The fraction of sp³-hybridized carbons (Fsp3) is 0.333. The summed E-state index contributed by atoms with van der Waals surface area (Å²) in [5, 5.41) is 0. The monoisotopic (exact) mass is 462 g/mol. The van der Waals surface area contributed by atoms with Crippen LogP contribution in [-0.2, 0) is 18.0 Å². The van der Waals surface area contributed by atoms with Crippen LogP contribution in [0.25, 0.3) is 0 Å². The Morgan fingerprint density at radius 3 is 2.43 bits per heavy atom. The Balaban J connectivity index is 1.44. The van der Waals surface area contributed by atoms with Crippen LogP contribution in [0.1, 0.15) is 53.9 Å². The van der Waals surface area contributed by atoms with Crippen molar-refractivity contribution < 1.29 is 9.47 Å². The summed E-state index contributed by atoms with van der Waals surface area (Å²) in [4.78, 5) is 0. The summed E-state index contributed by atoms with van der Waals surface area (Å²) >= 11 is 3.58. The van der Waals surface area contributed by atoms with Crippen molar-refractivity contribution in [2.75, 3.05) is 0 Å². The number of rotatable bonds is 5. The standard InChI is InChI=1S/C27H27BrO2/c28-23-12-10-20(11-13-23)26-25-15-14-24(29-17-19-6-2-1-3-7-19)16-22(25)18-30-27(26)21-8-4-5-9-21/h1-3,6-7,10-16,21,26-27H,4-5,8-9,17-18H2. The van der Waals surface area contributed by atoms with Crippen LogP contribution in [-0.4, -0.2) is 6.10 Å². The Morgan fingerprint density at radius 2 is 1.67 bits per heavy atom. The third kappa shape index (κ3) is 4.19. The molecular weight excluding hydrogens is 436 g/mol. The fourth-order valence-electron chi connectivity index (χ4n) is 5.03. The highest BCUT2D eigenvalue weighted by molar-refractivity contribution is 9.10. The third-order valence-electron chi connectivity index (χ3n) is 6.55. The maximum absolute atomic E-state index is 6.54. The van der Waals surface area contributed by atoms with Gasteiger partial charge in [-0.1, -0.05) is 77.3 Å². The van der Waals surface area contributed by atoms with E-state index in [1.807, 2.05) is 18.2 Å². The molecule has 1 saturated carbocycles. The van der Waals surface area contributed by atoms with Gasteiger partial charge < -0.3 is 9.47 Å². The van der Waals surface area contributed by atoms with Gasteiger partial charge in [0.05, 0.1) is 12.7 Å². The van der Waals surface area contributed by atoms with Gasteiger partial charge in [0.1, 0.15) is 12.4 Å². The maximum atomic E-state index is 6.54. The van der Waals surface area contributed by atoms with Gasteiger partial charge in [-0.25, -0.2) is 0 Å². The third-order valence-corrected chi connectivity index (χ3v) is 7.08. The lowest BCUT2D eigenvalue weighted by Crippen LogP contribution is -2.34. The minimum absolute atomic E-state index is 0.261. The van der Waals surface area contributed by atoms with E-state index in [-0.39, 0.29) is 12.0 Å². The highest BCUT2D eigenvalue weighted by atomic mass is 79.9. The fourth-order valence-corrected chi connectivity index (χ4v) is 5.30. The molecule has 3 aromatic carbocycles. The minimum Gasteiger partial charge on any atom is -0.489 e. The van der Waals surface area contributed by atoms with Crippen LogP contribution in [0.3, 0.4) is 0 Å². The summed E-state index contributed by atoms with van der Waals surface area (Å²) in [6.07, 6.45) is 5.49. The zero-order valence-electron chi connectivity index (χ0n) is 17.1. The molecule has 2 atom stereocenters. The van der Waals surface area contributed by atoms with E-state index in [1.54, 1.807) is 0 Å². The average Bonchev–Trinajstić information content (AvgIpc) is 3.33. The van der Waals surface area contributed by atoms with E-state index in [0.29, 0.717) is 19.1 Å². The zero-order valence-corrected chi connectivity index (χ0v) is 18.7. The van der Waals surface area contributed by atoms with Crippen LogP contribution >= 0.6 is 15.9 Å². The number of ether oxygens (including phenoxy) is 2. The van der Waals surface area contributed by atoms with E-state index >= 15 is 0 Å². The second-order valence-corrected chi connectivity index (χ2v) is 9.40. The molecule has 5 rings (SSSR count). The molecular formula is C27H27BrO2. The first-order chi connectivity index (χ1) is 14.8. The van der Waals surface area contributed by atoms with Gasteiger partial charge in [0.25, 0.3) is 0 Å². The van der Waals surface area contributed by atoms with E-state index in [4.69, 9.17) is 9.47 Å². The van der Waals surface area contributed by atoms with E-state index in [1.165, 1.54) is 47.9 Å². The predicted molar refractivity (Wildman–Crippen MR) is 124 cm³/mol. The molecule has 0 radical (unpaired) electrons. The number of fused-ring (bicyclic) bond motifs is 1. The lowest BCUT2D eigenvalue weighted by Gasteiger charge is -2.38. The van der Waals surface area contributed by atoms with Crippen molar-refractivity contribution in [1.29, 1.82) is 0 Å². The zero-order chi connectivity index (χ0) is 20.3. The molecule has 3 heteroatoms. The van der Waals surface area contributed by atoms with Gasteiger partial charge in [-0.15, -0.1) is 0 Å². The number of hydrogen-bond donors (Lipinski definition) is 0. The molecule has 1 aliphatic carbocycles. The molecule has 0 saturated heterocycles.